The lowest BCUT2D eigenvalue weighted by molar-refractivity contribution is 0.720. The Bertz CT molecular complexity index is 579. The Balaban J connectivity index is 2.35. The van der Waals surface area contributed by atoms with Crippen molar-refractivity contribution >= 4 is 11.6 Å². The van der Waals surface area contributed by atoms with Crippen LogP contribution in [0.5, 0.6) is 0 Å². The zero-order valence-corrected chi connectivity index (χ0v) is 12.9. The molecule has 0 saturated heterocycles. The number of nitrogens with zero attached hydrogens (tertiary/aromatic N) is 4. The molecule has 0 aliphatic rings. The molecular weight excluding hydrogens is 274 g/mol. The van der Waals surface area contributed by atoms with E-state index in [4.69, 9.17) is 11.6 Å². The molecule has 0 radical (unpaired) electrons. The zero-order chi connectivity index (χ0) is 14.5. The summed E-state index contributed by atoms with van der Waals surface area (Å²) in [6, 6.07) is 1.93. The Hall–Kier alpha value is -1.46. The van der Waals surface area contributed by atoms with E-state index in [1.165, 1.54) is 0 Å². The monoisotopic (exact) mass is 293 g/mol. The number of halogens is 1. The van der Waals surface area contributed by atoms with Crippen molar-refractivity contribution < 1.29 is 0 Å². The molecule has 1 N–H and O–H groups in total. The molecule has 0 spiro atoms. The van der Waals surface area contributed by atoms with Crippen molar-refractivity contribution in [1.82, 2.24) is 25.1 Å². The van der Waals surface area contributed by atoms with E-state index in [1.807, 2.05) is 26.1 Å². The molecule has 2 rings (SSSR count). The van der Waals surface area contributed by atoms with Gasteiger partial charge in [0.05, 0.1) is 5.02 Å². The number of aryl methyl sites for hydroxylation is 2. The van der Waals surface area contributed by atoms with E-state index in [-0.39, 0.29) is 0 Å². The van der Waals surface area contributed by atoms with Gasteiger partial charge in [-0.25, -0.2) is 9.97 Å². The highest BCUT2D eigenvalue weighted by Crippen LogP contribution is 2.20. The van der Waals surface area contributed by atoms with Gasteiger partial charge in [-0.15, -0.1) is 5.10 Å². The van der Waals surface area contributed by atoms with Crippen molar-refractivity contribution in [2.45, 2.75) is 40.2 Å². The molecular formula is C14H20ClN5. The lowest BCUT2D eigenvalue weighted by Crippen LogP contribution is -2.13. The first kappa shape index (κ1) is 14.9. The summed E-state index contributed by atoms with van der Waals surface area (Å²) >= 11 is 6.35. The molecule has 2 heterocycles. The number of hydrogen-bond acceptors (Lipinski definition) is 4. The molecule has 0 bridgehead atoms. The quantitative estimate of drug-likeness (QED) is 0.889. The van der Waals surface area contributed by atoms with Gasteiger partial charge in [0.2, 0.25) is 0 Å². The first-order chi connectivity index (χ1) is 9.69. The van der Waals surface area contributed by atoms with Gasteiger partial charge in [-0.2, -0.15) is 4.68 Å². The Morgan fingerprint density at radius 3 is 2.65 bits per heavy atom. The number of rotatable bonds is 6. The number of pyridine rings is 1. The van der Waals surface area contributed by atoms with Crippen molar-refractivity contribution in [3.05, 3.63) is 34.5 Å². The minimum absolute atomic E-state index is 0.600. The van der Waals surface area contributed by atoms with Gasteiger partial charge in [0.25, 0.3) is 0 Å². The summed E-state index contributed by atoms with van der Waals surface area (Å²) in [5.74, 6) is 2.35. The minimum atomic E-state index is 0.600. The molecule has 6 heteroatoms. The Morgan fingerprint density at radius 2 is 2.05 bits per heavy atom. The highest BCUT2D eigenvalue weighted by atomic mass is 35.5. The summed E-state index contributed by atoms with van der Waals surface area (Å²) in [4.78, 5) is 8.92. The molecule has 0 aliphatic carbocycles. The van der Waals surface area contributed by atoms with Crippen LogP contribution in [0.3, 0.4) is 0 Å². The average Bonchev–Trinajstić information content (AvgIpc) is 2.88. The summed E-state index contributed by atoms with van der Waals surface area (Å²) in [7, 11) is 0. The van der Waals surface area contributed by atoms with Gasteiger partial charge in [0, 0.05) is 25.6 Å². The van der Waals surface area contributed by atoms with E-state index >= 15 is 0 Å². The van der Waals surface area contributed by atoms with Gasteiger partial charge in [-0.05, 0) is 18.2 Å². The van der Waals surface area contributed by atoms with Gasteiger partial charge in [-0.3, -0.25) is 0 Å². The Labute approximate surface area is 124 Å². The van der Waals surface area contributed by atoms with Crippen LogP contribution in [0.4, 0.5) is 0 Å². The first-order valence-corrected chi connectivity index (χ1v) is 7.37. The van der Waals surface area contributed by atoms with Gasteiger partial charge >= 0.3 is 0 Å². The lowest BCUT2D eigenvalue weighted by Gasteiger charge is -2.08. The van der Waals surface area contributed by atoms with E-state index in [2.05, 4.69) is 27.3 Å². The molecule has 0 aliphatic heterocycles. The van der Waals surface area contributed by atoms with Crippen LogP contribution in [0.1, 0.15) is 38.0 Å². The van der Waals surface area contributed by atoms with Crippen LogP contribution in [-0.4, -0.2) is 26.3 Å². The molecule has 0 aromatic carbocycles. The molecule has 0 amide bonds. The summed E-state index contributed by atoms with van der Waals surface area (Å²) < 4.78 is 1.75. The number of nitrogens with one attached hydrogen (secondary N) is 1. The zero-order valence-electron chi connectivity index (χ0n) is 12.1. The third kappa shape index (κ3) is 3.16. The Morgan fingerprint density at radius 1 is 1.25 bits per heavy atom. The highest BCUT2D eigenvalue weighted by Gasteiger charge is 2.13. The molecule has 108 valence electrons. The van der Waals surface area contributed by atoms with E-state index < -0.39 is 0 Å². The van der Waals surface area contributed by atoms with E-state index in [0.717, 1.165) is 43.1 Å². The normalized spacial score (nSPS) is 11.0. The van der Waals surface area contributed by atoms with Crippen LogP contribution in [0.2, 0.25) is 5.02 Å². The predicted octanol–water partition coefficient (Wildman–Crippen LogP) is 2.55. The fourth-order valence-electron chi connectivity index (χ4n) is 1.93. The topological polar surface area (TPSA) is 55.6 Å². The van der Waals surface area contributed by atoms with Crippen LogP contribution >= 0.6 is 11.6 Å². The van der Waals surface area contributed by atoms with Crippen LogP contribution < -0.4 is 5.32 Å². The van der Waals surface area contributed by atoms with Crippen LogP contribution in [-0.2, 0) is 19.4 Å². The summed E-state index contributed by atoms with van der Waals surface area (Å²) in [6.45, 7) is 7.84. The van der Waals surface area contributed by atoms with E-state index in [9.17, 15) is 0 Å². The van der Waals surface area contributed by atoms with E-state index in [0.29, 0.717) is 10.8 Å². The second-order valence-electron chi connectivity index (χ2n) is 4.49. The van der Waals surface area contributed by atoms with Crippen LogP contribution in [0.25, 0.3) is 5.82 Å². The second kappa shape index (κ2) is 6.81. The molecule has 20 heavy (non-hydrogen) atoms. The smallest absolute Gasteiger partial charge is 0.174 e. The van der Waals surface area contributed by atoms with Crippen LogP contribution in [0.15, 0.2) is 12.3 Å². The SMILES string of the molecule is CCNCc1cnc(-n2nc(CC)nc2CC)c(Cl)c1. The van der Waals surface area contributed by atoms with E-state index in [1.54, 1.807) is 4.68 Å². The van der Waals surface area contributed by atoms with Gasteiger partial charge in [0.15, 0.2) is 11.6 Å². The molecule has 0 unspecified atom stereocenters. The minimum Gasteiger partial charge on any atom is -0.313 e. The van der Waals surface area contributed by atoms with Crippen molar-refractivity contribution in [2.24, 2.45) is 0 Å². The molecule has 2 aromatic rings. The average molecular weight is 294 g/mol. The molecule has 0 atom stereocenters. The van der Waals surface area contributed by atoms with Crippen LogP contribution in [0, 0.1) is 0 Å². The molecule has 5 nitrogen and oxygen atoms in total. The largest absolute Gasteiger partial charge is 0.313 e. The maximum absolute atomic E-state index is 6.35. The standard InChI is InChI=1S/C14H20ClN5/c1-4-12-18-13(5-2)20(19-12)14-11(15)7-10(9-17-14)8-16-6-3/h7,9,16H,4-6,8H2,1-3H3. The fourth-order valence-corrected chi connectivity index (χ4v) is 2.20. The van der Waals surface area contributed by atoms with Gasteiger partial charge in [-0.1, -0.05) is 32.4 Å². The van der Waals surface area contributed by atoms with Gasteiger partial charge in [0.1, 0.15) is 5.82 Å². The summed E-state index contributed by atoms with van der Waals surface area (Å²) in [6.07, 6.45) is 3.43. The number of hydrogen-bond donors (Lipinski definition) is 1. The third-order valence-electron chi connectivity index (χ3n) is 3.01. The van der Waals surface area contributed by atoms with Crippen molar-refractivity contribution in [3.63, 3.8) is 0 Å². The Kier molecular flexibility index (Phi) is 5.09. The molecule has 0 saturated carbocycles. The third-order valence-corrected chi connectivity index (χ3v) is 3.29. The summed E-state index contributed by atoms with van der Waals surface area (Å²) in [5.41, 5.74) is 1.06. The lowest BCUT2D eigenvalue weighted by atomic mass is 10.3. The maximum Gasteiger partial charge on any atom is 0.174 e. The molecule has 2 aromatic heterocycles. The van der Waals surface area contributed by atoms with Gasteiger partial charge < -0.3 is 5.32 Å². The fraction of sp³-hybridized carbons (Fsp3) is 0.500. The molecule has 0 fully saturated rings. The highest BCUT2D eigenvalue weighted by molar-refractivity contribution is 6.32. The van der Waals surface area contributed by atoms with Crippen molar-refractivity contribution in [1.29, 1.82) is 0 Å². The maximum atomic E-state index is 6.35. The second-order valence-corrected chi connectivity index (χ2v) is 4.90. The van der Waals surface area contributed by atoms with Crippen molar-refractivity contribution in [3.8, 4) is 5.82 Å². The first-order valence-electron chi connectivity index (χ1n) is 6.99. The summed E-state index contributed by atoms with van der Waals surface area (Å²) in [5, 5.41) is 8.32. The number of aromatic nitrogens is 4. The predicted molar refractivity (Wildman–Crippen MR) is 80.3 cm³/mol. The van der Waals surface area contributed by atoms with Crippen molar-refractivity contribution in [2.75, 3.05) is 6.54 Å².